The second kappa shape index (κ2) is 24.4. The fraction of sp³-hybridized carbons (Fsp3) is 1.00. The molecule has 13 aliphatic carbocycles. The van der Waals surface area contributed by atoms with Gasteiger partial charge in [-0.15, -0.1) is 0 Å². The van der Waals surface area contributed by atoms with E-state index in [2.05, 4.69) is 92.9 Å². The molecule has 3 saturated heterocycles. The van der Waals surface area contributed by atoms with E-state index in [0.29, 0.717) is 33.9 Å². The summed E-state index contributed by atoms with van der Waals surface area (Å²) in [6, 6.07) is 4.77. The quantitative estimate of drug-likeness (QED) is 0.247. The van der Waals surface area contributed by atoms with Crippen LogP contribution in [0.5, 0.6) is 0 Å². The van der Waals surface area contributed by atoms with Gasteiger partial charge >= 0.3 is 0 Å². The van der Waals surface area contributed by atoms with Gasteiger partial charge in [0.15, 0.2) is 6.71 Å². The molecule has 3 nitrogen and oxygen atoms in total. The number of nitrogens with zero attached hydrogens (tertiary/aromatic N) is 2. The lowest BCUT2D eigenvalue weighted by Crippen LogP contribution is -2.73. The van der Waals surface area contributed by atoms with Gasteiger partial charge in [-0.3, -0.25) is 9.80 Å². The number of likely N-dealkylation sites (tertiary alicyclic amines) is 1. The number of hydrogen-bond donors (Lipinski definition) is 0. The largest absolute Gasteiger partial charge is 0.376 e. The van der Waals surface area contributed by atoms with Crippen LogP contribution >= 0.6 is 0 Å². The van der Waals surface area contributed by atoms with Gasteiger partial charge in [0, 0.05) is 36.3 Å². The maximum atomic E-state index is 8.46. The standard InChI is InChI=1S/C85H143BN2O/c1-82(2,3)50-51-42-74-80-76(43-51)89-75-49-60(87-71-40-34-57(83(4,5)6)45-67(71)68-46-58(84(7,8)9)35-41-72(68)87)36-39-70(75)86(80)69-38-33-56(61-37-32-55-28-20-30-63-62-29-19-26-54-27-21-31-64(77(54)62)79(61)78(55)63)44-73(69)88(74)81-65(52-22-15-13-16-23-52)47-59(85(10,11)12)48-66(81)53-24-17-14-18-25-53/h51-81H,13-50H2,1-12H3/t51?,54?,55?,56?,57-,58?,59?,60-,61?,62-,63?,64?,65-,66+,67?,68?,69?,70+,71?,72?,73?,74?,75?,76?,77-,78?,79?,80-,81?/m0/s1. The van der Waals surface area contributed by atoms with Crippen LogP contribution in [0.2, 0.25) is 17.5 Å². The summed E-state index contributed by atoms with van der Waals surface area (Å²) in [6.07, 6.45) is 59.4. The first-order valence-electron chi connectivity index (χ1n) is 41.8. The van der Waals surface area contributed by atoms with Crippen LogP contribution in [0.3, 0.4) is 0 Å². The third-order valence-corrected chi connectivity index (χ3v) is 34.5. The minimum atomic E-state index is 0.355. The van der Waals surface area contributed by atoms with Gasteiger partial charge in [0.2, 0.25) is 0 Å². The molecule has 0 N–H and O–H groups in total. The van der Waals surface area contributed by atoms with Crippen LogP contribution in [-0.4, -0.2) is 65.0 Å². The highest BCUT2D eigenvalue weighted by molar-refractivity contribution is 6.65. The summed E-state index contributed by atoms with van der Waals surface area (Å²) >= 11 is 0. The molecule has 29 atom stereocenters. The van der Waals surface area contributed by atoms with E-state index in [1.165, 1.54) is 116 Å². The maximum Gasteiger partial charge on any atom is 0.159 e. The fourth-order valence-corrected chi connectivity index (χ4v) is 31.4. The minimum absolute atomic E-state index is 0.355. The van der Waals surface area contributed by atoms with Gasteiger partial charge in [0.05, 0.1) is 12.2 Å². The molecule has 0 aromatic carbocycles. The molecule has 502 valence electrons. The van der Waals surface area contributed by atoms with E-state index < -0.39 is 0 Å². The number of hydrogen-bond acceptors (Lipinski definition) is 3. The summed E-state index contributed by atoms with van der Waals surface area (Å²) in [5.41, 5.74) is 1.61. The zero-order valence-electron chi connectivity index (χ0n) is 60.6. The molecular weight excluding hydrogens is 1080 g/mol. The smallest absolute Gasteiger partial charge is 0.159 e. The monoisotopic (exact) mass is 1220 g/mol. The van der Waals surface area contributed by atoms with Gasteiger partial charge in [0.25, 0.3) is 0 Å². The number of fused-ring (bicyclic) bond motifs is 9. The van der Waals surface area contributed by atoms with Crippen LogP contribution in [0.25, 0.3) is 0 Å². The maximum absolute atomic E-state index is 8.46. The molecule has 4 heteroatoms. The van der Waals surface area contributed by atoms with Gasteiger partial charge in [-0.2, -0.15) is 0 Å². The van der Waals surface area contributed by atoms with Crippen molar-refractivity contribution in [1.29, 1.82) is 0 Å². The Kier molecular flexibility index (Phi) is 17.5. The lowest BCUT2D eigenvalue weighted by atomic mass is 9.19. The van der Waals surface area contributed by atoms with E-state index in [-0.39, 0.29) is 0 Å². The zero-order valence-corrected chi connectivity index (χ0v) is 60.6. The second-order valence-corrected chi connectivity index (χ2v) is 42.5. The molecule has 16 aliphatic rings. The lowest BCUT2D eigenvalue weighted by Gasteiger charge is -2.69. The molecule has 0 aromatic heterocycles. The first-order chi connectivity index (χ1) is 42.6. The molecule has 0 spiro atoms. The molecule has 0 radical (unpaired) electrons. The van der Waals surface area contributed by atoms with Crippen molar-refractivity contribution in [2.45, 2.75) is 393 Å². The summed E-state index contributed by atoms with van der Waals surface area (Å²) in [5, 5.41) is 0. The molecule has 16 fully saturated rings. The SMILES string of the molecule is CC(C)(C)CC1CC2OC3C[C@@H](N4C5CCC(C(C)(C)C)CC5C5C[C@@H](C(C)(C)C)CCC54)CC[C@H]3B3C4CCC(C5CCC6CCCC7C6C5C5CCCC6CCC[C@@H]7[C@H]65)CC4N(C4[C@@H](C5CCCCC5)CC(C(C)(C)C)C[C@H]4C4CCCCC4)C(C1)[C@H]32. The topological polar surface area (TPSA) is 15.7 Å². The normalized spacial score (nSPS) is 51.0. The van der Waals surface area contributed by atoms with Crippen molar-refractivity contribution in [3.63, 3.8) is 0 Å². The highest BCUT2D eigenvalue weighted by Crippen LogP contribution is 2.71. The Hall–Kier alpha value is -0.0551. The molecule has 0 amide bonds. The Morgan fingerprint density at radius 1 is 0.326 bits per heavy atom. The summed E-state index contributed by atoms with van der Waals surface area (Å²) in [6.45, 7) is 32.5. The van der Waals surface area contributed by atoms with Crippen molar-refractivity contribution in [2.75, 3.05) is 0 Å². The Morgan fingerprint density at radius 2 is 0.854 bits per heavy atom. The van der Waals surface area contributed by atoms with Crippen LogP contribution in [-0.2, 0) is 4.74 Å². The van der Waals surface area contributed by atoms with Gasteiger partial charge in [-0.25, -0.2) is 0 Å². The number of ether oxygens (including phenoxy) is 1. The predicted molar refractivity (Wildman–Crippen MR) is 375 cm³/mol. The minimum Gasteiger partial charge on any atom is -0.376 e. The second-order valence-electron chi connectivity index (χ2n) is 42.5. The number of rotatable bonds is 6. The van der Waals surface area contributed by atoms with Crippen LogP contribution < -0.4 is 0 Å². The van der Waals surface area contributed by atoms with E-state index in [1.807, 2.05) is 0 Å². The molecule has 3 heterocycles. The van der Waals surface area contributed by atoms with E-state index in [0.717, 1.165) is 179 Å². The van der Waals surface area contributed by atoms with Crippen molar-refractivity contribution < 1.29 is 4.74 Å². The molecule has 16 rings (SSSR count). The molecule has 0 aromatic rings. The van der Waals surface area contributed by atoms with Crippen LogP contribution in [0.4, 0.5) is 0 Å². The van der Waals surface area contributed by atoms with Crippen LogP contribution in [0, 0.1) is 140 Å². The molecule has 3 aliphatic heterocycles. The molecule has 89 heavy (non-hydrogen) atoms. The van der Waals surface area contributed by atoms with Gasteiger partial charge in [-0.05, 0) is 279 Å². The van der Waals surface area contributed by atoms with E-state index in [1.54, 1.807) is 128 Å². The first kappa shape index (κ1) is 63.7. The van der Waals surface area contributed by atoms with Crippen LogP contribution in [0.15, 0.2) is 0 Å². The van der Waals surface area contributed by atoms with Crippen molar-refractivity contribution in [2.24, 2.45) is 140 Å². The summed E-state index contributed by atoms with van der Waals surface area (Å²) in [4.78, 5) is 7.23. The summed E-state index contributed by atoms with van der Waals surface area (Å²) in [5.74, 6) is 22.2. The van der Waals surface area contributed by atoms with Crippen molar-refractivity contribution in [3.8, 4) is 0 Å². The molecule has 0 bridgehead atoms. The average Bonchev–Trinajstić information content (AvgIpc) is 1.11. The lowest BCUT2D eigenvalue weighted by molar-refractivity contribution is -0.172. The van der Waals surface area contributed by atoms with Crippen molar-refractivity contribution in [3.05, 3.63) is 0 Å². The van der Waals surface area contributed by atoms with Gasteiger partial charge < -0.3 is 4.74 Å². The third-order valence-electron chi connectivity index (χ3n) is 34.5. The summed E-state index contributed by atoms with van der Waals surface area (Å²) in [7, 11) is 0. The summed E-state index contributed by atoms with van der Waals surface area (Å²) < 4.78 is 8.46. The first-order valence-corrected chi connectivity index (χ1v) is 41.8. The highest BCUT2D eigenvalue weighted by Gasteiger charge is 2.68. The van der Waals surface area contributed by atoms with E-state index in [4.69, 9.17) is 4.74 Å². The molecular formula is C85H143BN2O. The average molecular weight is 1220 g/mol. The predicted octanol–water partition coefficient (Wildman–Crippen LogP) is 22.7. The Balaban J connectivity index is 0.791. The van der Waals surface area contributed by atoms with Crippen molar-refractivity contribution >= 4 is 6.71 Å². The molecule has 13 saturated carbocycles. The fourth-order valence-electron chi connectivity index (χ4n) is 31.4. The van der Waals surface area contributed by atoms with Crippen molar-refractivity contribution in [1.82, 2.24) is 9.80 Å². The van der Waals surface area contributed by atoms with Gasteiger partial charge in [0.1, 0.15) is 0 Å². The third kappa shape index (κ3) is 11.5. The van der Waals surface area contributed by atoms with E-state index >= 15 is 0 Å². The Bertz CT molecular complexity index is 2340. The highest BCUT2D eigenvalue weighted by atomic mass is 16.5. The Labute approximate surface area is 551 Å². The zero-order chi connectivity index (χ0) is 61.2. The van der Waals surface area contributed by atoms with Gasteiger partial charge in [-0.1, -0.05) is 205 Å². The Morgan fingerprint density at radius 3 is 1.44 bits per heavy atom. The van der Waals surface area contributed by atoms with E-state index in [9.17, 15) is 0 Å². The van der Waals surface area contributed by atoms with Crippen LogP contribution in [0.1, 0.15) is 327 Å². The molecule has 21 unspecified atom stereocenters.